The summed E-state index contributed by atoms with van der Waals surface area (Å²) in [7, 11) is 0. The number of rotatable bonds is 2. The molecule has 0 aliphatic rings. The first-order valence-corrected chi connectivity index (χ1v) is 4.58. The summed E-state index contributed by atoms with van der Waals surface area (Å²) >= 11 is 0. The summed E-state index contributed by atoms with van der Waals surface area (Å²) in [5.41, 5.74) is 0.555. The van der Waals surface area contributed by atoms with Crippen molar-refractivity contribution in [2.75, 3.05) is 0 Å². The van der Waals surface area contributed by atoms with Gasteiger partial charge in [-0.25, -0.2) is 9.50 Å². The van der Waals surface area contributed by atoms with Gasteiger partial charge in [-0.3, -0.25) is 0 Å². The molecule has 0 saturated carbocycles. The van der Waals surface area contributed by atoms with Crippen molar-refractivity contribution >= 4 is 5.65 Å². The Hall–Kier alpha value is -1.79. The molecular formula is C9H8F3N3O. The predicted octanol–water partition coefficient (Wildman–Crippen LogP) is 2.19. The Labute approximate surface area is 88.7 Å². The van der Waals surface area contributed by atoms with Gasteiger partial charge in [0, 0.05) is 18.5 Å². The van der Waals surface area contributed by atoms with Gasteiger partial charge >= 0.3 is 6.36 Å². The highest BCUT2D eigenvalue weighted by Crippen LogP contribution is 2.26. The van der Waals surface area contributed by atoms with Crippen LogP contribution in [0.25, 0.3) is 5.65 Å². The second-order valence-electron chi connectivity index (χ2n) is 3.10. The zero-order chi connectivity index (χ0) is 11.8. The van der Waals surface area contributed by atoms with E-state index in [1.165, 1.54) is 23.0 Å². The summed E-state index contributed by atoms with van der Waals surface area (Å²) < 4.78 is 41.6. The molecule has 7 heteroatoms. The van der Waals surface area contributed by atoms with E-state index in [-0.39, 0.29) is 11.4 Å². The van der Waals surface area contributed by atoms with Gasteiger partial charge in [-0.2, -0.15) is 5.10 Å². The lowest BCUT2D eigenvalue weighted by Gasteiger charge is -2.10. The lowest BCUT2D eigenvalue weighted by Crippen LogP contribution is -2.18. The minimum Gasteiger partial charge on any atom is -0.402 e. The Morgan fingerprint density at radius 3 is 2.81 bits per heavy atom. The van der Waals surface area contributed by atoms with E-state index in [1.54, 1.807) is 6.92 Å². The van der Waals surface area contributed by atoms with Crippen molar-refractivity contribution in [2.45, 2.75) is 19.7 Å². The molecule has 2 aromatic rings. The molecule has 86 valence electrons. The van der Waals surface area contributed by atoms with Crippen molar-refractivity contribution in [2.24, 2.45) is 0 Å². The van der Waals surface area contributed by atoms with Crippen molar-refractivity contribution in [1.29, 1.82) is 0 Å². The maximum atomic E-state index is 12.1. The highest BCUT2D eigenvalue weighted by atomic mass is 19.4. The van der Waals surface area contributed by atoms with Crippen molar-refractivity contribution in [3.8, 4) is 5.75 Å². The fourth-order valence-electron chi connectivity index (χ4n) is 1.31. The normalized spacial score (nSPS) is 12.0. The van der Waals surface area contributed by atoms with E-state index in [0.717, 1.165) is 0 Å². The molecule has 0 fully saturated rings. The molecule has 0 N–H and O–H groups in total. The van der Waals surface area contributed by atoms with Gasteiger partial charge in [0.15, 0.2) is 11.4 Å². The van der Waals surface area contributed by atoms with Crippen molar-refractivity contribution in [3.05, 3.63) is 24.2 Å². The highest BCUT2D eigenvalue weighted by Gasteiger charge is 2.32. The van der Waals surface area contributed by atoms with E-state index in [2.05, 4.69) is 14.8 Å². The third kappa shape index (κ3) is 2.07. The standard InChI is InChI=1S/C9H8F3N3O/c1-2-6-5-7(16-9(10,11)12)8-13-3-4-15(8)14-6/h3-5H,2H2,1H3. The largest absolute Gasteiger partial charge is 0.573 e. The highest BCUT2D eigenvalue weighted by molar-refractivity contribution is 5.53. The maximum Gasteiger partial charge on any atom is 0.573 e. The number of halogens is 3. The van der Waals surface area contributed by atoms with Crippen LogP contribution in [0, 0.1) is 0 Å². The Balaban J connectivity index is 2.52. The van der Waals surface area contributed by atoms with Crippen LogP contribution < -0.4 is 4.74 Å². The molecule has 0 unspecified atom stereocenters. The molecule has 0 atom stereocenters. The third-order valence-corrected chi connectivity index (χ3v) is 1.96. The zero-order valence-corrected chi connectivity index (χ0v) is 8.32. The molecule has 0 aromatic carbocycles. The molecule has 0 amide bonds. The van der Waals surface area contributed by atoms with Gasteiger partial charge in [-0.05, 0) is 6.42 Å². The first kappa shape index (κ1) is 10.7. The monoisotopic (exact) mass is 231 g/mol. The molecule has 0 aliphatic heterocycles. The molecule has 0 radical (unpaired) electrons. The van der Waals surface area contributed by atoms with Gasteiger partial charge in [0.05, 0.1) is 5.69 Å². The average molecular weight is 231 g/mol. The first-order chi connectivity index (χ1) is 7.49. The fraction of sp³-hybridized carbons (Fsp3) is 0.333. The number of aromatic nitrogens is 3. The van der Waals surface area contributed by atoms with Crippen LogP contribution in [0.15, 0.2) is 18.5 Å². The summed E-state index contributed by atoms with van der Waals surface area (Å²) in [6.45, 7) is 1.79. The quantitative estimate of drug-likeness (QED) is 0.795. The number of hydrogen-bond acceptors (Lipinski definition) is 3. The lowest BCUT2D eigenvalue weighted by molar-refractivity contribution is -0.274. The third-order valence-electron chi connectivity index (χ3n) is 1.96. The second-order valence-corrected chi connectivity index (χ2v) is 3.10. The van der Waals surface area contributed by atoms with Crippen LogP contribution in [0.5, 0.6) is 5.75 Å². The SMILES string of the molecule is CCc1cc(OC(F)(F)F)c2nccn2n1. The Morgan fingerprint density at radius 1 is 1.44 bits per heavy atom. The molecule has 4 nitrogen and oxygen atoms in total. The van der Waals surface area contributed by atoms with Gasteiger partial charge in [-0.15, -0.1) is 13.2 Å². The molecule has 0 aliphatic carbocycles. The van der Waals surface area contributed by atoms with E-state index in [0.29, 0.717) is 12.1 Å². The molecular weight excluding hydrogens is 223 g/mol. The smallest absolute Gasteiger partial charge is 0.402 e. The lowest BCUT2D eigenvalue weighted by atomic mass is 10.3. The maximum absolute atomic E-state index is 12.1. The topological polar surface area (TPSA) is 39.4 Å². The number of hydrogen-bond donors (Lipinski definition) is 0. The minimum atomic E-state index is -4.72. The summed E-state index contributed by atoms with van der Waals surface area (Å²) in [5, 5.41) is 4.05. The van der Waals surface area contributed by atoms with E-state index < -0.39 is 6.36 Å². The molecule has 2 heterocycles. The fourth-order valence-corrected chi connectivity index (χ4v) is 1.31. The molecule has 0 bridgehead atoms. The average Bonchev–Trinajstić information content (AvgIpc) is 2.63. The van der Waals surface area contributed by atoms with Gasteiger partial charge in [0.25, 0.3) is 0 Å². The molecule has 0 saturated heterocycles. The Morgan fingerprint density at radius 2 is 2.19 bits per heavy atom. The van der Waals surface area contributed by atoms with Crippen LogP contribution in [0.1, 0.15) is 12.6 Å². The number of ether oxygens (including phenoxy) is 1. The van der Waals surface area contributed by atoms with Gasteiger partial charge < -0.3 is 4.74 Å². The number of nitrogens with zero attached hydrogens (tertiary/aromatic N) is 3. The summed E-state index contributed by atoms with van der Waals surface area (Å²) in [5.74, 6) is -0.329. The Kier molecular flexibility index (Phi) is 2.45. The van der Waals surface area contributed by atoms with E-state index >= 15 is 0 Å². The van der Waals surface area contributed by atoms with Crippen LogP contribution in [-0.4, -0.2) is 21.0 Å². The minimum absolute atomic E-state index is 0.0505. The van der Waals surface area contributed by atoms with Crippen molar-refractivity contribution in [1.82, 2.24) is 14.6 Å². The predicted molar refractivity (Wildman–Crippen MR) is 49.0 cm³/mol. The summed E-state index contributed by atoms with van der Waals surface area (Å²) in [6.07, 6.45) is -1.37. The molecule has 2 aromatic heterocycles. The van der Waals surface area contributed by atoms with E-state index in [1.807, 2.05) is 0 Å². The molecule has 2 rings (SSSR count). The van der Waals surface area contributed by atoms with Gasteiger partial charge in [0.2, 0.25) is 0 Å². The second kappa shape index (κ2) is 3.66. The van der Waals surface area contributed by atoms with E-state index in [4.69, 9.17) is 0 Å². The van der Waals surface area contributed by atoms with Gasteiger partial charge in [-0.1, -0.05) is 6.92 Å². The van der Waals surface area contributed by atoms with Crippen LogP contribution in [0.3, 0.4) is 0 Å². The summed E-state index contributed by atoms with van der Waals surface area (Å²) in [6, 6.07) is 1.25. The number of imidazole rings is 1. The van der Waals surface area contributed by atoms with Crippen LogP contribution in [0.2, 0.25) is 0 Å². The van der Waals surface area contributed by atoms with Crippen molar-refractivity contribution in [3.63, 3.8) is 0 Å². The van der Waals surface area contributed by atoms with E-state index in [9.17, 15) is 13.2 Å². The summed E-state index contributed by atoms with van der Waals surface area (Å²) in [4.78, 5) is 3.75. The molecule has 16 heavy (non-hydrogen) atoms. The van der Waals surface area contributed by atoms with Crippen molar-refractivity contribution < 1.29 is 17.9 Å². The first-order valence-electron chi connectivity index (χ1n) is 4.58. The van der Waals surface area contributed by atoms with Crippen LogP contribution in [0.4, 0.5) is 13.2 Å². The Bertz CT molecular complexity index is 506. The number of fused-ring (bicyclic) bond motifs is 1. The number of alkyl halides is 3. The van der Waals surface area contributed by atoms with Gasteiger partial charge in [0.1, 0.15) is 0 Å². The zero-order valence-electron chi connectivity index (χ0n) is 8.32. The molecule has 0 spiro atoms. The van der Waals surface area contributed by atoms with Crippen LogP contribution in [-0.2, 0) is 6.42 Å². The number of aryl methyl sites for hydroxylation is 1. The van der Waals surface area contributed by atoms with Crippen LogP contribution >= 0.6 is 0 Å².